The van der Waals surface area contributed by atoms with Crippen LogP contribution >= 0.6 is 0 Å². The molecule has 0 saturated heterocycles. The predicted molar refractivity (Wildman–Crippen MR) is 81.0 cm³/mol. The Morgan fingerprint density at radius 3 is 2.29 bits per heavy atom. The molecule has 0 aromatic rings. The van der Waals surface area contributed by atoms with E-state index in [1.165, 1.54) is 0 Å². The van der Waals surface area contributed by atoms with Crippen molar-refractivity contribution in [3.8, 4) is 0 Å². The molecule has 21 heavy (non-hydrogen) atoms. The van der Waals surface area contributed by atoms with Crippen molar-refractivity contribution in [3.05, 3.63) is 0 Å². The standard InChI is InChI=1S/C16H31F3N2/c1-5-15(2,3)13-7-6-12(11-20)14(10-13)21(4)9-8-16(17,18)19/h12-14H,5-11,20H2,1-4H3. The number of rotatable bonds is 6. The Morgan fingerprint density at radius 2 is 1.81 bits per heavy atom. The molecule has 1 rings (SSSR count). The van der Waals surface area contributed by atoms with Gasteiger partial charge in [0.2, 0.25) is 0 Å². The lowest BCUT2D eigenvalue weighted by atomic mass is 9.65. The van der Waals surface area contributed by atoms with Crippen LogP contribution in [-0.4, -0.2) is 37.3 Å². The highest BCUT2D eigenvalue weighted by atomic mass is 19.4. The van der Waals surface area contributed by atoms with Gasteiger partial charge in [-0.2, -0.15) is 13.2 Å². The summed E-state index contributed by atoms with van der Waals surface area (Å²) in [6.45, 7) is 7.38. The van der Waals surface area contributed by atoms with Crippen molar-refractivity contribution in [2.24, 2.45) is 23.0 Å². The van der Waals surface area contributed by atoms with Gasteiger partial charge in [-0.3, -0.25) is 0 Å². The van der Waals surface area contributed by atoms with Crippen LogP contribution in [0.1, 0.15) is 52.9 Å². The minimum atomic E-state index is -4.08. The zero-order valence-corrected chi connectivity index (χ0v) is 13.8. The molecule has 1 saturated carbocycles. The smallest absolute Gasteiger partial charge is 0.330 e. The van der Waals surface area contributed by atoms with Crippen LogP contribution in [0.4, 0.5) is 13.2 Å². The highest BCUT2D eigenvalue weighted by molar-refractivity contribution is 4.91. The lowest BCUT2D eigenvalue weighted by Gasteiger charge is -2.46. The summed E-state index contributed by atoms with van der Waals surface area (Å²) in [5.74, 6) is 0.899. The summed E-state index contributed by atoms with van der Waals surface area (Å²) < 4.78 is 37.3. The lowest BCUT2D eigenvalue weighted by molar-refractivity contribution is -0.139. The Labute approximate surface area is 127 Å². The molecule has 126 valence electrons. The van der Waals surface area contributed by atoms with E-state index in [4.69, 9.17) is 5.73 Å². The molecule has 5 heteroatoms. The van der Waals surface area contributed by atoms with Gasteiger partial charge in [0.15, 0.2) is 0 Å². The molecule has 0 spiro atoms. The first-order valence-electron chi connectivity index (χ1n) is 8.07. The third-order valence-electron chi connectivity index (χ3n) is 5.59. The first-order chi connectivity index (χ1) is 9.60. The fraction of sp³-hybridized carbons (Fsp3) is 1.00. The summed E-state index contributed by atoms with van der Waals surface area (Å²) in [6.07, 6.45) is -0.568. The van der Waals surface area contributed by atoms with E-state index in [0.29, 0.717) is 18.4 Å². The van der Waals surface area contributed by atoms with Gasteiger partial charge in [-0.1, -0.05) is 27.2 Å². The Hall–Kier alpha value is -0.290. The van der Waals surface area contributed by atoms with Crippen LogP contribution in [0.25, 0.3) is 0 Å². The van der Waals surface area contributed by atoms with Crippen molar-refractivity contribution in [1.29, 1.82) is 0 Å². The maximum absolute atomic E-state index is 12.4. The summed E-state index contributed by atoms with van der Waals surface area (Å²) in [7, 11) is 1.82. The zero-order chi connectivity index (χ0) is 16.3. The van der Waals surface area contributed by atoms with Crippen molar-refractivity contribution in [3.63, 3.8) is 0 Å². The topological polar surface area (TPSA) is 29.3 Å². The fourth-order valence-corrected chi connectivity index (χ4v) is 3.49. The zero-order valence-electron chi connectivity index (χ0n) is 13.8. The Balaban J connectivity index is 2.70. The number of halogens is 3. The highest BCUT2D eigenvalue weighted by Gasteiger charge is 2.39. The highest BCUT2D eigenvalue weighted by Crippen LogP contribution is 2.43. The van der Waals surface area contributed by atoms with Crippen molar-refractivity contribution in [2.75, 3.05) is 20.1 Å². The van der Waals surface area contributed by atoms with Crippen LogP contribution in [0, 0.1) is 17.3 Å². The van der Waals surface area contributed by atoms with E-state index in [-0.39, 0.29) is 18.0 Å². The number of nitrogens with two attached hydrogens (primary N) is 1. The molecule has 2 N–H and O–H groups in total. The second kappa shape index (κ2) is 7.32. The first-order valence-corrected chi connectivity index (χ1v) is 8.07. The molecule has 0 heterocycles. The monoisotopic (exact) mass is 308 g/mol. The molecule has 1 aliphatic carbocycles. The number of hydrogen-bond donors (Lipinski definition) is 1. The van der Waals surface area contributed by atoms with Gasteiger partial charge in [0, 0.05) is 12.6 Å². The van der Waals surface area contributed by atoms with E-state index in [1.54, 1.807) is 0 Å². The minimum Gasteiger partial charge on any atom is -0.330 e. The largest absolute Gasteiger partial charge is 0.390 e. The van der Waals surface area contributed by atoms with Gasteiger partial charge in [-0.05, 0) is 50.1 Å². The predicted octanol–water partition coefficient (Wildman–Crippen LogP) is 4.05. The lowest BCUT2D eigenvalue weighted by Crippen LogP contribution is -2.48. The van der Waals surface area contributed by atoms with E-state index in [1.807, 2.05) is 11.9 Å². The normalized spacial score (nSPS) is 28.1. The number of alkyl halides is 3. The Bertz CT molecular complexity index is 315. The molecule has 0 amide bonds. The fourth-order valence-electron chi connectivity index (χ4n) is 3.49. The van der Waals surface area contributed by atoms with Crippen molar-refractivity contribution in [1.82, 2.24) is 4.90 Å². The molecule has 0 aromatic heterocycles. The number of nitrogens with zero attached hydrogens (tertiary/aromatic N) is 1. The summed E-state index contributed by atoms with van der Waals surface area (Å²) in [6, 6.07) is 0.182. The molecule has 3 unspecified atom stereocenters. The van der Waals surface area contributed by atoms with Gasteiger partial charge in [-0.15, -0.1) is 0 Å². The van der Waals surface area contributed by atoms with E-state index < -0.39 is 12.6 Å². The van der Waals surface area contributed by atoms with E-state index in [9.17, 15) is 13.2 Å². The van der Waals surface area contributed by atoms with Gasteiger partial charge in [-0.25, -0.2) is 0 Å². The van der Waals surface area contributed by atoms with Crippen LogP contribution in [-0.2, 0) is 0 Å². The van der Waals surface area contributed by atoms with Crippen LogP contribution in [0.2, 0.25) is 0 Å². The van der Waals surface area contributed by atoms with Gasteiger partial charge in [0.25, 0.3) is 0 Å². The van der Waals surface area contributed by atoms with Gasteiger partial charge < -0.3 is 10.6 Å². The maximum Gasteiger partial charge on any atom is 0.390 e. The molecule has 0 bridgehead atoms. The molecule has 0 aliphatic heterocycles. The summed E-state index contributed by atoms with van der Waals surface area (Å²) in [5, 5.41) is 0. The van der Waals surface area contributed by atoms with E-state index >= 15 is 0 Å². The van der Waals surface area contributed by atoms with Crippen LogP contribution in [0.15, 0.2) is 0 Å². The minimum absolute atomic E-state index is 0.0734. The quantitative estimate of drug-likeness (QED) is 0.802. The van der Waals surface area contributed by atoms with Crippen molar-refractivity contribution < 1.29 is 13.2 Å². The molecular weight excluding hydrogens is 277 g/mol. The van der Waals surface area contributed by atoms with Crippen molar-refractivity contribution >= 4 is 0 Å². The Kier molecular flexibility index (Phi) is 6.54. The van der Waals surface area contributed by atoms with Crippen LogP contribution in [0.3, 0.4) is 0 Å². The van der Waals surface area contributed by atoms with Crippen molar-refractivity contribution in [2.45, 2.75) is 65.1 Å². The molecule has 1 aliphatic rings. The second-order valence-electron chi connectivity index (χ2n) is 7.26. The van der Waals surface area contributed by atoms with E-state index in [2.05, 4.69) is 20.8 Å². The SMILES string of the molecule is CCC(C)(C)C1CCC(CN)C(N(C)CCC(F)(F)F)C1. The second-order valence-corrected chi connectivity index (χ2v) is 7.26. The molecular formula is C16H31F3N2. The summed E-state index contributed by atoms with van der Waals surface area (Å²) in [5.41, 5.74) is 6.10. The van der Waals surface area contributed by atoms with Gasteiger partial charge in [0.05, 0.1) is 6.42 Å². The molecule has 1 fully saturated rings. The molecule has 0 radical (unpaired) electrons. The third kappa shape index (κ3) is 5.44. The Morgan fingerprint density at radius 1 is 1.19 bits per heavy atom. The molecule has 3 atom stereocenters. The summed E-state index contributed by atoms with van der Waals surface area (Å²) >= 11 is 0. The summed E-state index contributed by atoms with van der Waals surface area (Å²) in [4.78, 5) is 1.89. The van der Waals surface area contributed by atoms with E-state index in [0.717, 1.165) is 25.7 Å². The van der Waals surface area contributed by atoms with Gasteiger partial charge in [0.1, 0.15) is 0 Å². The average Bonchev–Trinajstić information content (AvgIpc) is 2.43. The van der Waals surface area contributed by atoms with Gasteiger partial charge >= 0.3 is 6.18 Å². The number of hydrogen-bond acceptors (Lipinski definition) is 2. The molecule has 2 nitrogen and oxygen atoms in total. The molecule has 0 aromatic carbocycles. The average molecular weight is 308 g/mol. The maximum atomic E-state index is 12.4. The van der Waals surface area contributed by atoms with Crippen LogP contribution in [0.5, 0.6) is 0 Å². The third-order valence-corrected chi connectivity index (χ3v) is 5.59. The first kappa shape index (κ1) is 18.8. The van der Waals surface area contributed by atoms with Crippen LogP contribution < -0.4 is 5.73 Å².